The first kappa shape index (κ1) is 21.3. The Bertz CT molecular complexity index is 1030. The molecule has 1 aromatic heterocycles. The molecule has 1 saturated heterocycles. The fraction of sp³-hybridized carbons (Fsp3) is 0.421. The van der Waals surface area contributed by atoms with Crippen molar-refractivity contribution in [2.24, 2.45) is 7.05 Å². The fourth-order valence-electron chi connectivity index (χ4n) is 3.39. The number of halogens is 2. The minimum absolute atomic E-state index is 0.0576. The lowest BCUT2D eigenvalue weighted by molar-refractivity contribution is -0.116. The summed E-state index contributed by atoms with van der Waals surface area (Å²) in [5, 5.41) is 2.52. The molecule has 1 aliphatic rings. The van der Waals surface area contributed by atoms with Crippen molar-refractivity contribution in [3.05, 3.63) is 45.1 Å². The van der Waals surface area contributed by atoms with Gasteiger partial charge in [0.1, 0.15) is 23.8 Å². The number of carbonyl (C=O) groups excluding carboxylic acids is 1. The number of rotatable bonds is 6. The molecule has 2 aromatic rings. The van der Waals surface area contributed by atoms with E-state index in [2.05, 4.69) is 10.1 Å². The molecule has 30 heavy (non-hydrogen) atoms. The van der Waals surface area contributed by atoms with Gasteiger partial charge in [-0.1, -0.05) is 0 Å². The van der Waals surface area contributed by atoms with Crippen LogP contribution < -0.4 is 31.9 Å². The Morgan fingerprint density at radius 1 is 1.17 bits per heavy atom. The fourth-order valence-corrected chi connectivity index (χ4v) is 3.39. The number of hydrogen-bond acceptors (Lipinski definition) is 6. The van der Waals surface area contributed by atoms with Crippen LogP contribution in [-0.2, 0) is 18.4 Å². The minimum atomic E-state index is -2.95. The number of nitrogens with one attached hydrogen (secondary N) is 1. The van der Waals surface area contributed by atoms with E-state index in [1.165, 1.54) is 31.3 Å². The molecule has 0 radical (unpaired) electrons. The summed E-state index contributed by atoms with van der Waals surface area (Å²) in [4.78, 5) is 39.8. The third kappa shape index (κ3) is 4.61. The van der Waals surface area contributed by atoms with Crippen LogP contribution in [0.2, 0.25) is 0 Å². The Labute approximate surface area is 170 Å². The van der Waals surface area contributed by atoms with Gasteiger partial charge < -0.3 is 20.7 Å². The molecule has 1 aliphatic heterocycles. The molecule has 3 rings (SSSR count). The molecule has 0 saturated carbocycles. The number of amides is 1. The van der Waals surface area contributed by atoms with E-state index in [1.54, 1.807) is 0 Å². The number of anilines is 3. The van der Waals surface area contributed by atoms with Crippen LogP contribution in [0.3, 0.4) is 0 Å². The van der Waals surface area contributed by atoms with Crippen LogP contribution in [0.25, 0.3) is 0 Å². The zero-order valence-corrected chi connectivity index (χ0v) is 16.4. The number of nitrogen functional groups attached to an aromatic ring is 1. The van der Waals surface area contributed by atoms with Crippen molar-refractivity contribution in [2.75, 3.05) is 29.0 Å². The van der Waals surface area contributed by atoms with Crippen LogP contribution in [0, 0.1) is 0 Å². The summed E-state index contributed by atoms with van der Waals surface area (Å²) < 4.78 is 30.6. The van der Waals surface area contributed by atoms with E-state index in [4.69, 9.17) is 5.73 Å². The van der Waals surface area contributed by atoms with Gasteiger partial charge in [0, 0.05) is 25.8 Å². The smallest absolute Gasteiger partial charge is 0.387 e. The number of piperidine rings is 1. The molecule has 11 heteroatoms. The highest BCUT2D eigenvalue weighted by Crippen LogP contribution is 2.21. The van der Waals surface area contributed by atoms with E-state index in [0.29, 0.717) is 18.8 Å². The number of nitrogens with two attached hydrogens (primary N) is 1. The molecule has 0 bridgehead atoms. The summed E-state index contributed by atoms with van der Waals surface area (Å²) in [5.74, 6) is -0.609. The second-order valence-corrected chi connectivity index (χ2v) is 6.97. The van der Waals surface area contributed by atoms with Crippen LogP contribution in [-0.4, -0.2) is 34.7 Å². The Kier molecular flexibility index (Phi) is 6.38. The first-order valence-corrected chi connectivity index (χ1v) is 9.47. The molecule has 1 aromatic carbocycles. The molecule has 2 heterocycles. The number of carbonyl (C=O) groups is 1. The van der Waals surface area contributed by atoms with Crippen LogP contribution in [0.5, 0.6) is 5.75 Å². The number of aromatic nitrogens is 2. The third-order valence-corrected chi connectivity index (χ3v) is 4.91. The Morgan fingerprint density at radius 3 is 2.40 bits per heavy atom. The maximum atomic E-state index is 13.0. The van der Waals surface area contributed by atoms with Gasteiger partial charge in [-0.25, -0.2) is 9.36 Å². The summed E-state index contributed by atoms with van der Waals surface area (Å²) in [7, 11) is 1.45. The molecular weight excluding hydrogens is 400 g/mol. The Hall–Kier alpha value is -3.37. The maximum absolute atomic E-state index is 13.0. The number of ether oxygens (including phenoxy) is 1. The molecule has 0 atom stereocenters. The van der Waals surface area contributed by atoms with Crippen LogP contribution >= 0.6 is 0 Å². The second-order valence-electron chi connectivity index (χ2n) is 6.97. The van der Waals surface area contributed by atoms with Gasteiger partial charge >= 0.3 is 12.3 Å². The van der Waals surface area contributed by atoms with E-state index in [9.17, 15) is 23.2 Å². The summed E-state index contributed by atoms with van der Waals surface area (Å²) in [5.41, 5.74) is 5.24. The standard InChI is InChI=1S/C19H23F2N5O4/c1-24-16(22)15(25-9-3-2-4-10-25)17(28)26(19(24)29)11-14(27)23-12-5-7-13(8-6-12)30-18(20)21/h5-8,18H,2-4,9-11,22H2,1H3,(H,23,27). The Balaban J connectivity index is 1.81. The van der Waals surface area contributed by atoms with Gasteiger partial charge in [0.2, 0.25) is 5.91 Å². The normalized spacial score (nSPS) is 14.1. The van der Waals surface area contributed by atoms with Crippen LogP contribution in [0.15, 0.2) is 33.9 Å². The minimum Gasteiger partial charge on any atom is -0.435 e. The molecule has 9 nitrogen and oxygen atoms in total. The second kappa shape index (κ2) is 8.97. The van der Waals surface area contributed by atoms with Crippen molar-refractivity contribution < 1.29 is 18.3 Å². The van der Waals surface area contributed by atoms with Gasteiger partial charge in [-0.2, -0.15) is 8.78 Å². The molecule has 1 fully saturated rings. The van der Waals surface area contributed by atoms with Crippen molar-refractivity contribution in [2.45, 2.75) is 32.4 Å². The van der Waals surface area contributed by atoms with Crippen molar-refractivity contribution in [1.29, 1.82) is 0 Å². The van der Waals surface area contributed by atoms with E-state index >= 15 is 0 Å². The van der Waals surface area contributed by atoms with Gasteiger partial charge in [-0.15, -0.1) is 0 Å². The highest BCUT2D eigenvalue weighted by atomic mass is 19.3. The van der Waals surface area contributed by atoms with Crippen molar-refractivity contribution in [1.82, 2.24) is 9.13 Å². The molecule has 3 N–H and O–H groups in total. The lowest BCUT2D eigenvalue weighted by atomic mass is 10.1. The summed E-state index contributed by atoms with van der Waals surface area (Å²) >= 11 is 0. The zero-order chi connectivity index (χ0) is 21.8. The van der Waals surface area contributed by atoms with Crippen molar-refractivity contribution >= 4 is 23.1 Å². The first-order valence-electron chi connectivity index (χ1n) is 9.47. The molecule has 0 aliphatic carbocycles. The summed E-state index contributed by atoms with van der Waals surface area (Å²) in [6.07, 6.45) is 2.88. The highest BCUT2D eigenvalue weighted by molar-refractivity contribution is 5.90. The van der Waals surface area contributed by atoms with Gasteiger partial charge in [0.05, 0.1) is 0 Å². The third-order valence-electron chi connectivity index (χ3n) is 4.91. The van der Waals surface area contributed by atoms with E-state index in [0.717, 1.165) is 28.4 Å². The average molecular weight is 423 g/mol. The van der Waals surface area contributed by atoms with Gasteiger partial charge in [0.15, 0.2) is 0 Å². The lowest BCUT2D eigenvalue weighted by Gasteiger charge is -2.29. The monoisotopic (exact) mass is 423 g/mol. The van der Waals surface area contributed by atoms with Crippen LogP contribution in [0.1, 0.15) is 19.3 Å². The Morgan fingerprint density at radius 2 is 1.80 bits per heavy atom. The summed E-state index contributed by atoms with van der Waals surface area (Å²) in [6, 6.07) is 5.28. The maximum Gasteiger partial charge on any atom is 0.387 e. The lowest BCUT2D eigenvalue weighted by Crippen LogP contribution is -2.46. The molecule has 1 amide bonds. The number of benzene rings is 1. The highest BCUT2D eigenvalue weighted by Gasteiger charge is 2.23. The van der Waals surface area contributed by atoms with Gasteiger partial charge in [-0.05, 0) is 43.5 Å². The van der Waals surface area contributed by atoms with Gasteiger partial charge in [0.25, 0.3) is 5.56 Å². The molecule has 0 spiro atoms. The van der Waals surface area contributed by atoms with Gasteiger partial charge in [-0.3, -0.25) is 14.2 Å². The number of hydrogen-bond donors (Lipinski definition) is 2. The van der Waals surface area contributed by atoms with Crippen molar-refractivity contribution in [3.8, 4) is 5.75 Å². The topological polar surface area (TPSA) is 112 Å². The van der Waals surface area contributed by atoms with E-state index in [1.807, 2.05) is 4.90 Å². The van der Waals surface area contributed by atoms with Crippen molar-refractivity contribution in [3.63, 3.8) is 0 Å². The SMILES string of the molecule is Cn1c(N)c(N2CCCCC2)c(=O)n(CC(=O)Nc2ccc(OC(F)F)cc2)c1=O. The predicted octanol–water partition coefficient (Wildman–Crippen LogP) is 1.36. The quantitative estimate of drug-likeness (QED) is 0.726. The van der Waals surface area contributed by atoms with E-state index in [-0.39, 0.29) is 17.3 Å². The zero-order valence-electron chi connectivity index (χ0n) is 16.4. The predicted molar refractivity (Wildman–Crippen MR) is 108 cm³/mol. The van der Waals surface area contributed by atoms with Crippen LogP contribution in [0.4, 0.5) is 26.0 Å². The van der Waals surface area contributed by atoms with E-state index < -0.39 is 30.3 Å². The molecule has 162 valence electrons. The molecule has 0 unspecified atom stereocenters. The number of alkyl halides is 2. The molecular formula is C19H23F2N5O4. The number of nitrogens with zero attached hydrogens (tertiary/aromatic N) is 3. The average Bonchev–Trinajstić information content (AvgIpc) is 2.72. The summed E-state index contributed by atoms with van der Waals surface area (Å²) in [6.45, 7) is -2.16. The largest absolute Gasteiger partial charge is 0.435 e. The first-order chi connectivity index (χ1) is 14.3.